The van der Waals surface area contributed by atoms with E-state index in [1.807, 2.05) is 0 Å². The molecule has 0 unspecified atom stereocenters. The standard InChI is InChI=1S/C9H12/c1-2-9-6-4-3-5-8(9)7-9/h1,8H,3-7H2/t8-,9+/m1/s1. The zero-order valence-electron chi connectivity index (χ0n) is 5.69. The molecule has 0 N–H and O–H groups in total. The van der Waals surface area contributed by atoms with Gasteiger partial charge in [0.2, 0.25) is 0 Å². The fourth-order valence-corrected chi connectivity index (χ4v) is 2.15. The maximum absolute atomic E-state index is 5.43. The minimum absolute atomic E-state index is 0.415. The van der Waals surface area contributed by atoms with Gasteiger partial charge in [0.05, 0.1) is 0 Å². The van der Waals surface area contributed by atoms with Gasteiger partial charge in [-0.2, -0.15) is 0 Å². The van der Waals surface area contributed by atoms with Crippen molar-refractivity contribution in [1.82, 2.24) is 0 Å². The Hall–Kier alpha value is -0.440. The van der Waals surface area contributed by atoms with E-state index >= 15 is 0 Å². The maximum Gasteiger partial charge on any atom is 0.0343 e. The first-order valence-electron chi connectivity index (χ1n) is 3.85. The molecule has 2 aliphatic rings. The third kappa shape index (κ3) is 0.611. The van der Waals surface area contributed by atoms with Gasteiger partial charge in [-0.3, -0.25) is 0 Å². The highest BCUT2D eigenvalue weighted by Gasteiger charge is 2.53. The number of fused-ring (bicyclic) bond motifs is 1. The molecular weight excluding hydrogens is 108 g/mol. The summed E-state index contributed by atoms with van der Waals surface area (Å²) in [7, 11) is 0. The van der Waals surface area contributed by atoms with Gasteiger partial charge in [-0.15, -0.1) is 6.42 Å². The van der Waals surface area contributed by atoms with E-state index in [9.17, 15) is 0 Å². The van der Waals surface area contributed by atoms with Crippen LogP contribution >= 0.6 is 0 Å². The molecule has 2 saturated carbocycles. The fraction of sp³-hybridized carbons (Fsp3) is 0.778. The third-order valence-corrected chi connectivity index (χ3v) is 2.94. The second-order valence-electron chi connectivity index (χ2n) is 3.45. The lowest BCUT2D eigenvalue weighted by molar-refractivity contribution is 0.415. The van der Waals surface area contributed by atoms with Crippen LogP contribution in [0.1, 0.15) is 32.1 Å². The topological polar surface area (TPSA) is 0 Å². The summed E-state index contributed by atoms with van der Waals surface area (Å²) in [5, 5.41) is 0. The van der Waals surface area contributed by atoms with E-state index in [0.29, 0.717) is 5.41 Å². The average molecular weight is 120 g/mol. The SMILES string of the molecule is C#C[C@@]12CCCC[C@@H]1C2. The Morgan fingerprint density at radius 1 is 1.44 bits per heavy atom. The largest absolute Gasteiger partial charge is 0.120 e. The number of hydrogen-bond donors (Lipinski definition) is 0. The molecule has 0 bridgehead atoms. The summed E-state index contributed by atoms with van der Waals surface area (Å²) in [6, 6.07) is 0. The van der Waals surface area contributed by atoms with E-state index in [1.54, 1.807) is 0 Å². The maximum atomic E-state index is 5.43. The van der Waals surface area contributed by atoms with Crippen molar-refractivity contribution in [3.63, 3.8) is 0 Å². The Bertz CT molecular complexity index is 163. The quantitative estimate of drug-likeness (QED) is 0.430. The molecule has 0 radical (unpaired) electrons. The molecule has 0 amide bonds. The molecule has 2 rings (SSSR count). The second kappa shape index (κ2) is 1.53. The van der Waals surface area contributed by atoms with Gasteiger partial charge in [-0.05, 0) is 25.2 Å². The predicted molar refractivity (Wildman–Crippen MR) is 37.8 cm³/mol. The van der Waals surface area contributed by atoms with Crippen molar-refractivity contribution in [2.24, 2.45) is 11.3 Å². The minimum Gasteiger partial charge on any atom is -0.120 e. The Kier molecular flexibility index (Phi) is 0.913. The molecule has 0 spiro atoms. The molecule has 0 aromatic carbocycles. The zero-order chi connectivity index (χ0) is 6.32. The highest BCUT2D eigenvalue weighted by atomic mass is 14.6. The van der Waals surface area contributed by atoms with Crippen molar-refractivity contribution in [3.8, 4) is 12.3 Å². The molecule has 2 fully saturated rings. The van der Waals surface area contributed by atoms with Gasteiger partial charge in [-0.25, -0.2) is 0 Å². The Morgan fingerprint density at radius 2 is 2.33 bits per heavy atom. The Labute approximate surface area is 56.6 Å². The molecule has 2 atom stereocenters. The summed E-state index contributed by atoms with van der Waals surface area (Å²) < 4.78 is 0. The van der Waals surface area contributed by atoms with Gasteiger partial charge < -0.3 is 0 Å². The number of hydrogen-bond acceptors (Lipinski definition) is 0. The van der Waals surface area contributed by atoms with Crippen LogP contribution in [0.3, 0.4) is 0 Å². The van der Waals surface area contributed by atoms with Gasteiger partial charge in [0.15, 0.2) is 0 Å². The van der Waals surface area contributed by atoms with Crippen molar-refractivity contribution in [2.45, 2.75) is 32.1 Å². The molecule has 0 nitrogen and oxygen atoms in total. The molecule has 0 aromatic heterocycles. The fourth-order valence-electron chi connectivity index (χ4n) is 2.15. The van der Waals surface area contributed by atoms with Gasteiger partial charge in [0.25, 0.3) is 0 Å². The summed E-state index contributed by atoms with van der Waals surface area (Å²) in [6.45, 7) is 0. The van der Waals surface area contributed by atoms with Crippen LogP contribution in [0, 0.1) is 23.7 Å². The van der Waals surface area contributed by atoms with Gasteiger partial charge in [-0.1, -0.05) is 18.8 Å². The summed E-state index contributed by atoms with van der Waals surface area (Å²) >= 11 is 0. The normalized spacial score (nSPS) is 47.2. The lowest BCUT2D eigenvalue weighted by atomic mass is 9.89. The Morgan fingerprint density at radius 3 is 2.89 bits per heavy atom. The predicted octanol–water partition coefficient (Wildman–Crippen LogP) is 2.20. The lowest BCUT2D eigenvalue weighted by Gasteiger charge is -2.14. The monoisotopic (exact) mass is 120 g/mol. The smallest absolute Gasteiger partial charge is 0.0343 e. The van der Waals surface area contributed by atoms with Crippen molar-refractivity contribution < 1.29 is 0 Å². The molecular formula is C9H12. The van der Waals surface area contributed by atoms with Crippen LogP contribution in [0.5, 0.6) is 0 Å². The second-order valence-corrected chi connectivity index (χ2v) is 3.45. The van der Waals surface area contributed by atoms with Gasteiger partial charge in [0, 0.05) is 5.41 Å². The molecule has 0 aliphatic heterocycles. The lowest BCUT2D eigenvalue weighted by Crippen LogP contribution is -2.05. The first kappa shape index (κ1) is 5.35. The van der Waals surface area contributed by atoms with Crippen molar-refractivity contribution in [3.05, 3.63) is 0 Å². The summed E-state index contributed by atoms with van der Waals surface area (Å²) in [4.78, 5) is 0. The van der Waals surface area contributed by atoms with Crippen LogP contribution in [-0.2, 0) is 0 Å². The highest BCUT2D eigenvalue weighted by molar-refractivity contribution is 5.20. The number of rotatable bonds is 0. The first-order valence-corrected chi connectivity index (χ1v) is 3.85. The van der Waals surface area contributed by atoms with Crippen LogP contribution in [0.15, 0.2) is 0 Å². The highest BCUT2D eigenvalue weighted by Crippen LogP contribution is 2.60. The van der Waals surface area contributed by atoms with Crippen LogP contribution in [0.4, 0.5) is 0 Å². The van der Waals surface area contributed by atoms with Crippen LogP contribution < -0.4 is 0 Å². The van der Waals surface area contributed by atoms with Crippen molar-refractivity contribution >= 4 is 0 Å². The molecule has 0 saturated heterocycles. The van der Waals surface area contributed by atoms with Gasteiger partial charge in [0.1, 0.15) is 0 Å². The molecule has 9 heavy (non-hydrogen) atoms. The minimum atomic E-state index is 0.415. The van der Waals surface area contributed by atoms with E-state index in [-0.39, 0.29) is 0 Å². The first-order chi connectivity index (χ1) is 4.37. The van der Waals surface area contributed by atoms with Crippen LogP contribution in [0.25, 0.3) is 0 Å². The van der Waals surface area contributed by atoms with Crippen LogP contribution in [0.2, 0.25) is 0 Å². The van der Waals surface area contributed by atoms with Crippen molar-refractivity contribution in [1.29, 1.82) is 0 Å². The van der Waals surface area contributed by atoms with E-state index in [2.05, 4.69) is 5.92 Å². The van der Waals surface area contributed by atoms with Crippen LogP contribution in [-0.4, -0.2) is 0 Å². The summed E-state index contributed by atoms with van der Waals surface area (Å²) in [5.41, 5.74) is 0.415. The van der Waals surface area contributed by atoms with Gasteiger partial charge >= 0.3 is 0 Å². The van der Waals surface area contributed by atoms with E-state index < -0.39 is 0 Å². The number of terminal acetylenes is 1. The molecule has 2 aliphatic carbocycles. The Balaban J connectivity index is 2.11. The molecule has 0 heteroatoms. The summed E-state index contributed by atoms with van der Waals surface area (Å²) in [6.07, 6.45) is 12.3. The third-order valence-electron chi connectivity index (χ3n) is 2.94. The van der Waals surface area contributed by atoms with E-state index in [0.717, 1.165) is 5.92 Å². The van der Waals surface area contributed by atoms with E-state index in [4.69, 9.17) is 6.42 Å². The average Bonchev–Trinajstić information content (AvgIpc) is 2.62. The molecule has 0 heterocycles. The summed E-state index contributed by atoms with van der Waals surface area (Å²) in [5.74, 6) is 3.88. The zero-order valence-corrected chi connectivity index (χ0v) is 5.69. The molecule has 48 valence electrons. The molecule has 0 aromatic rings. The van der Waals surface area contributed by atoms with Crippen molar-refractivity contribution in [2.75, 3.05) is 0 Å². The van der Waals surface area contributed by atoms with E-state index in [1.165, 1.54) is 32.1 Å².